The van der Waals surface area contributed by atoms with Gasteiger partial charge in [-0.25, -0.2) is 4.68 Å². The topological polar surface area (TPSA) is 84.2 Å². The summed E-state index contributed by atoms with van der Waals surface area (Å²) >= 11 is 1.65. The molecule has 0 saturated heterocycles. The van der Waals surface area contributed by atoms with Gasteiger partial charge < -0.3 is 10.4 Å². The Bertz CT molecular complexity index is 719. The van der Waals surface area contributed by atoms with Gasteiger partial charge in [0.15, 0.2) is 0 Å². The maximum atomic E-state index is 12.1. The summed E-state index contributed by atoms with van der Waals surface area (Å²) in [5.41, 5.74) is 1.17. The lowest BCUT2D eigenvalue weighted by atomic mass is 10.1. The predicted octanol–water partition coefficient (Wildman–Crippen LogP) is 1.14. The Balaban J connectivity index is 2.09. The monoisotopic (exact) mass is 347 g/mol. The van der Waals surface area contributed by atoms with E-state index in [0.29, 0.717) is 12.1 Å². The second-order valence-electron chi connectivity index (χ2n) is 5.31. The zero-order valence-electron chi connectivity index (χ0n) is 13.5. The Morgan fingerprint density at radius 1 is 1.29 bits per heavy atom. The summed E-state index contributed by atoms with van der Waals surface area (Å²) in [6.45, 7) is -0.298. The van der Waals surface area contributed by atoms with Crippen LogP contribution >= 0.6 is 11.8 Å². The Morgan fingerprint density at radius 3 is 2.71 bits per heavy atom. The zero-order chi connectivity index (χ0) is 17.4. The molecule has 1 aromatic carbocycles. The first kappa shape index (κ1) is 18.2. The number of nitrogens with one attached hydrogen (secondary N) is 1. The van der Waals surface area contributed by atoms with Crippen molar-refractivity contribution < 1.29 is 9.90 Å². The third-order valence-electron chi connectivity index (χ3n) is 3.49. The van der Waals surface area contributed by atoms with Gasteiger partial charge in [-0.15, -0.1) is 0 Å². The fourth-order valence-electron chi connectivity index (χ4n) is 2.20. The van der Waals surface area contributed by atoms with E-state index in [1.165, 1.54) is 6.07 Å². The molecule has 1 amide bonds. The van der Waals surface area contributed by atoms with Crippen molar-refractivity contribution in [3.05, 3.63) is 52.8 Å². The predicted molar refractivity (Wildman–Crippen MR) is 95.9 cm³/mol. The molecule has 128 valence electrons. The minimum atomic E-state index is -0.338. The average molecular weight is 347 g/mol. The van der Waals surface area contributed by atoms with Crippen LogP contribution in [0.5, 0.6) is 0 Å². The van der Waals surface area contributed by atoms with E-state index in [-0.39, 0.29) is 30.7 Å². The molecule has 7 heteroatoms. The van der Waals surface area contributed by atoms with E-state index in [9.17, 15) is 14.7 Å². The first-order chi connectivity index (χ1) is 11.6. The summed E-state index contributed by atoms with van der Waals surface area (Å²) in [6, 6.07) is 12.2. The Labute approximate surface area is 144 Å². The lowest BCUT2D eigenvalue weighted by Crippen LogP contribution is -2.41. The Hall–Kier alpha value is -2.12. The van der Waals surface area contributed by atoms with Gasteiger partial charge in [0.25, 0.3) is 5.56 Å². The minimum Gasteiger partial charge on any atom is -0.394 e. The fourth-order valence-corrected chi connectivity index (χ4v) is 2.72. The van der Waals surface area contributed by atoms with Crippen LogP contribution in [0.1, 0.15) is 6.42 Å². The van der Waals surface area contributed by atoms with Gasteiger partial charge in [0.05, 0.1) is 18.3 Å². The van der Waals surface area contributed by atoms with E-state index in [0.717, 1.165) is 16.0 Å². The van der Waals surface area contributed by atoms with Gasteiger partial charge in [0.1, 0.15) is 6.54 Å². The van der Waals surface area contributed by atoms with Crippen LogP contribution in [0, 0.1) is 0 Å². The highest BCUT2D eigenvalue weighted by atomic mass is 32.2. The Morgan fingerprint density at radius 2 is 2.04 bits per heavy atom. The quantitative estimate of drug-likeness (QED) is 0.748. The van der Waals surface area contributed by atoms with Crippen molar-refractivity contribution >= 4 is 17.7 Å². The van der Waals surface area contributed by atoms with Crippen LogP contribution in [0.2, 0.25) is 0 Å². The first-order valence-electron chi connectivity index (χ1n) is 7.66. The molecule has 0 radical (unpaired) electrons. The molecule has 0 aliphatic heterocycles. The summed E-state index contributed by atoms with van der Waals surface area (Å²) < 4.78 is 1.14. The number of amides is 1. The van der Waals surface area contributed by atoms with E-state index in [1.807, 2.05) is 36.6 Å². The number of benzene rings is 1. The van der Waals surface area contributed by atoms with Crippen LogP contribution in [-0.4, -0.2) is 45.5 Å². The number of aliphatic hydroxyl groups excluding tert-OH is 1. The fraction of sp³-hybridized carbons (Fsp3) is 0.353. The third-order valence-corrected chi connectivity index (χ3v) is 4.13. The molecule has 0 aliphatic carbocycles. The van der Waals surface area contributed by atoms with Crippen LogP contribution in [-0.2, 0) is 11.3 Å². The van der Waals surface area contributed by atoms with Gasteiger partial charge in [0, 0.05) is 11.6 Å². The molecular formula is C17H21N3O3S. The second kappa shape index (κ2) is 9.24. The van der Waals surface area contributed by atoms with E-state index >= 15 is 0 Å². The molecule has 6 nitrogen and oxygen atoms in total. The van der Waals surface area contributed by atoms with Gasteiger partial charge in [-0.05, 0) is 24.5 Å². The van der Waals surface area contributed by atoms with Crippen LogP contribution in [0.15, 0.2) is 47.3 Å². The summed E-state index contributed by atoms with van der Waals surface area (Å²) in [5.74, 6) is 0.502. The molecule has 2 N–H and O–H groups in total. The summed E-state index contributed by atoms with van der Waals surface area (Å²) in [4.78, 5) is 24.0. The number of aromatic nitrogens is 2. The summed E-state index contributed by atoms with van der Waals surface area (Å²) in [5, 5.41) is 16.3. The lowest BCUT2D eigenvalue weighted by molar-refractivity contribution is -0.122. The van der Waals surface area contributed by atoms with Crippen LogP contribution < -0.4 is 10.9 Å². The number of hydrogen-bond donors (Lipinski definition) is 2. The molecule has 1 aromatic heterocycles. The van der Waals surface area contributed by atoms with Gasteiger partial charge in [-0.2, -0.15) is 16.9 Å². The summed E-state index contributed by atoms with van der Waals surface area (Å²) in [6.07, 6.45) is 2.64. The SMILES string of the molecule is CSCCC(CO)NC(=O)Cn1nc(-c2ccccc2)ccc1=O. The molecule has 24 heavy (non-hydrogen) atoms. The van der Waals surface area contributed by atoms with Crippen molar-refractivity contribution in [3.8, 4) is 11.3 Å². The van der Waals surface area contributed by atoms with Crippen LogP contribution in [0.25, 0.3) is 11.3 Å². The highest BCUT2D eigenvalue weighted by molar-refractivity contribution is 7.98. The molecule has 0 spiro atoms. The zero-order valence-corrected chi connectivity index (χ0v) is 14.3. The van der Waals surface area contributed by atoms with Gasteiger partial charge in [0.2, 0.25) is 5.91 Å². The van der Waals surface area contributed by atoms with Crippen molar-refractivity contribution in [2.45, 2.75) is 19.0 Å². The van der Waals surface area contributed by atoms with Crippen molar-refractivity contribution in [2.24, 2.45) is 0 Å². The number of thioether (sulfide) groups is 1. The molecule has 1 heterocycles. The maximum absolute atomic E-state index is 12.1. The number of rotatable bonds is 8. The average Bonchev–Trinajstić information content (AvgIpc) is 2.61. The van der Waals surface area contributed by atoms with E-state index < -0.39 is 0 Å². The molecular weight excluding hydrogens is 326 g/mol. The summed E-state index contributed by atoms with van der Waals surface area (Å²) in [7, 11) is 0. The normalized spacial score (nSPS) is 11.9. The Kier molecular flexibility index (Phi) is 7.02. The minimum absolute atomic E-state index is 0.126. The molecule has 0 bridgehead atoms. The number of hydrogen-bond acceptors (Lipinski definition) is 5. The smallest absolute Gasteiger partial charge is 0.267 e. The number of carbonyl (C=O) groups is 1. The maximum Gasteiger partial charge on any atom is 0.267 e. The van der Waals surface area contributed by atoms with Crippen LogP contribution in [0.3, 0.4) is 0 Å². The largest absolute Gasteiger partial charge is 0.394 e. The van der Waals surface area contributed by atoms with Gasteiger partial charge >= 0.3 is 0 Å². The number of carbonyl (C=O) groups excluding carboxylic acids is 1. The molecule has 0 saturated carbocycles. The van der Waals surface area contributed by atoms with Crippen molar-refractivity contribution in [2.75, 3.05) is 18.6 Å². The van der Waals surface area contributed by atoms with Crippen molar-refractivity contribution in [1.29, 1.82) is 0 Å². The highest BCUT2D eigenvalue weighted by Gasteiger charge is 2.13. The van der Waals surface area contributed by atoms with E-state index in [2.05, 4.69) is 10.4 Å². The molecule has 2 aromatic rings. The number of nitrogens with zero attached hydrogens (tertiary/aromatic N) is 2. The molecule has 2 rings (SSSR count). The van der Waals surface area contributed by atoms with Crippen LogP contribution in [0.4, 0.5) is 0 Å². The highest BCUT2D eigenvalue weighted by Crippen LogP contribution is 2.13. The number of aliphatic hydroxyl groups is 1. The van der Waals surface area contributed by atoms with E-state index in [4.69, 9.17) is 0 Å². The molecule has 1 atom stereocenters. The van der Waals surface area contributed by atoms with Gasteiger partial charge in [-0.1, -0.05) is 30.3 Å². The van der Waals surface area contributed by atoms with Crippen molar-refractivity contribution in [1.82, 2.24) is 15.1 Å². The standard InChI is InChI=1S/C17H21N3O3S/c1-24-10-9-14(12-21)18-16(22)11-20-17(23)8-7-15(19-20)13-5-3-2-4-6-13/h2-8,14,21H,9-12H2,1H3,(H,18,22). The third kappa shape index (κ3) is 5.21. The lowest BCUT2D eigenvalue weighted by Gasteiger charge is -2.16. The second-order valence-corrected chi connectivity index (χ2v) is 6.29. The van der Waals surface area contributed by atoms with Crippen molar-refractivity contribution in [3.63, 3.8) is 0 Å². The molecule has 0 fully saturated rings. The van der Waals surface area contributed by atoms with E-state index in [1.54, 1.807) is 17.8 Å². The van der Waals surface area contributed by atoms with Gasteiger partial charge in [-0.3, -0.25) is 9.59 Å². The molecule has 0 aliphatic rings. The first-order valence-corrected chi connectivity index (χ1v) is 9.06. The molecule has 1 unspecified atom stereocenters.